The Morgan fingerprint density at radius 1 is 1.20 bits per heavy atom. The van der Waals surface area contributed by atoms with Crippen molar-refractivity contribution in [3.63, 3.8) is 0 Å². The van der Waals surface area contributed by atoms with Gasteiger partial charge in [0.1, 0.15) is 5.75 Å². The molecule has 20 heavy (non-hydrogen) atoms. The van der Waals surface area contributed by atoms with E-state index in [1.165, 1.54) is 5.56 Å². The normalized spacial score (nSPS) is 10.9. The lowest BCUT2D eigenvalue weighted by atomic mass is 10.2. The maximum Gasteiger partial charge on any atom is 0.223 e. The third kappa shape index (κ3) is 7.14. The molecule has 1 amide bonds. The Kier molecular flexibility index (Phi) is 7.09. The van der Waals surface area contributed by atoms with E-state index in [2.05, 4.69) is 30.5 Å². The minimum absolute atomic E-state index is 0.0256. The molecule has 0 aliphatic carbocycles. The van der Waals surface area contributed by atoms with Crippen LogP contribution in [-0.4, -0.2) is 24.6 Å². The standard InChI is InChI=1S/C16H26N2O2/c1-12(2)17-11-14-6-5-7-15(10-14)20-9-8-16(19)18-13(3)4/h5-7,10,12-13,17H,8-9,11H2,1-4H3,(H,18,19). The molecule has 1 aromatic rings. The molecule has 0 aliphatic heterocycles. The third-order valence-electron chi connectivity index (χ3n) is 2.66. The fraction of sp³-hybridized carbons (Fsp3) is 0.562. The zero-order chi connectivity index (χ0) is 15.0. The van der Waals surface area contributed by atoms with E-state index >= 15 is 0 Å². The Labute approximate surface area is 121 Å². The van der Waals surface area contributed by atoms with Crippen LogP contribution in [0.25, 0.3) is 0 Å². The smallest absolute Gasteiger partial charge is 0.223 e. The number of nitrogens with one attached hydrogen (secondary N) is 2. The van der Waals surface area contributed by atoms with Crippen molar-refractivity contribution in [3.8, 4) is 5.75 Å². The van der Waals surface area contributed by atoms with Crippen LogP contribution in [-0.2, 0) is 11.3 Å². The van der Waals surface area contributed by atoms with Crippen molar-refractivity contribution >= 4 is 5.91 Å². The van der Waals surface area contributed by atoms with Crippen LogP contribution in [0, 0.1) is 0 Å². The number of hydrogen-bond donors (Lipinski definition) is 2. The van der Waals surface area contributed by atoms with Gasteiger partial charge in [0.25, 0.3) is 0 Å². The van der Waals surface area contributed by atoms with E-state index in [9.17, 15) is 4.79 Å². The summed E-state index contributed by atoms with van der Waals surface area (Å²) in [5.41, 5.74) is 1.18. The highest BCUT2D eigenvalue weighted by Crippen LogP contribution is 2.13. The van der Waals surface area contributed by atoms with Gasteiger partial charge in [0.15, 0.2) is 0 Å². The summed E-state index contributed by atoms with van der Waals surface area (Å²) in [7, 11) is 0. The molecule has 112 valence electrons. The lowest BCUT2D eigenvalue weighted by Crippen LogP contribution is -2.31. The van der Waals surface area contributed by atoms with Gasteiger partial charge >= 0.3 is 0 Å². The van der Waals surface area contributed by atoms with Crippen molar-refractivity contribution < 1.29 is 9.53 Å². The molecule has 0 spiro atoms. The van der Waals surface area contributed by atoms with Crippen molar-refractivity contribution in [2.75, 3.05) is 6.61 Å². The van der Waals surface area contributed by atoms with Gasteiger partial charge in [-0.2, -0.15) is 0 Å². The first kappa shape index (κ1) is 16.5. The van der Waals surface area contributed by atoms with E-state index in [1.54, 1.807) is 0 Å². The van der Waals surface area contributed by atoms with Gasteiger partial charge in [-0.05, 0) is 31.5 Å². The van der Waals surface area contributed by atoms with E-state index in [4.69, 9.17) is 4.74 Å². The molecular weight excluding hydrogens is 252 g/mol. The Balaban J connectivity index is 2.36. The monoisotopic (exact) mass is 278 g/mol. The van der Waals surface area contributed by atoms with Gasteiger partial charge in [0.2, 0.25) is 5.91 Å². The Bertz CT molecular complexity index is 417. The molecular formula is C16H26N2O2. The minimum Gasteiger partial charge on any atom is -0.493 e. The molecule has 4 heteroatoms. The summed E-state index contributed by atoms with van der Waals surface area (Å²) in [6.07, 6.45) is 0.382. The topological polar surface area (TPSA) is 50.4 Å². The second-order valence-electron chi connectivity index (χ2n) is 5.50. The van der Waals surface area contributed by atoms with Gasteiger partial charge in [-0.15, -0.1) is 0 Å². The van der Waals surface area contributed by atoms with Crippen molar-refractivity contribution in [2.45, 2.75) is 52.7 Å². The van der Waals surface area contributed by atoms with E-state index in [0.717, 1.165) is 12.3 Å². The van der Waals surface area contributed by atoms with Crippen molar-refractivity contribution in [1.29, 1.82) is 0 Å². The zero-order valence-electron chi connectivity index (χ0n) is 12.9. The van der Waals surface area contributed by atoms with E-state index in [1.807, 2.05) is 32.0 Å². The van der Waals surface area contributed by atoms with Crippen LogP contribution in [0.2, 0.25) is 0 Å². The molecule has 1 aromatic carbocycles. The van der Waals surface area contributed by atoms with Gasteiger partial charge in [0.05, 0.1) is 13.0 Å². The van der Waals surface area contributed by atoms with Crippen LogP contribution in [0.1, 0.15) is 39.7 Å². The molecule has 2 N–H and O–H groups in total. The molecule has 0 atom stereocenters. The highest BCUT2D eigenvalue weighted by atomic mass is 16.5. The fourth-order valence-electron chi connectivity index (χ4n) is 1.72. The second kappa shape index (κ2) is 8.59. The molecule has 1 rings (SSSR count). The highest BCUT2D eigenvalue weighted by Gasteiger charge is 2.04. The first-order valence-corrected chi connectivity index (χ1v) is 7.22. The van der Waals surface area contributed by atoms with Gasteiger partial charge < -0.3 is 15.4 Å². The third-order valence-corrected chi connectivity index (χ3v) is 2.66. The number of benzene rings is 1. The highest BCUT2D eigenvalue weighted by molar-refractivity contribution is 5.76. The number of hydrogen-bond acceptors (Lipinski definition) is 3. The van der Waals surface area contributed by atoms with Gasteiger partial charge in [0, 0.05) is 18.6 Å². The van der Waals surface area contributed by atoms with Crippen molar-refractivity contribution in [2.24, 2.45) is 0 Å². The van der Waals surface area contributed by atoms with E-state index in [-0.39, 0.29) is 11.9 Å². The zero-order valence-corrected chi connectivity index (χ0v) is 12.9. The number of amides is 1. The van der Waals surface area contributed by atoms with Crippen LogP contribution in [0.3, 0.4) is 0 Å². The predicted octanol–water partition coefficient (Wildman–Crippen LogP) is 2.48. The summed E-state index contributed by atoms with van der Waals surface area (Å²) >= 11 is 0. The summed E-state index contributed by atoms with van der Waals surface area (Å²) in [4.78, 5) is 11.5. The molecule has 0 saturated carbocycles. The molecule has 0 radical (unpaired) electrons. The largest absolute Gasteiger partial charge is 0.493 e. The maximum absolute atomic E-state index is 11.5. The van der Waals surface area contributed by atoms with E-state index in [0.29, 0.717) is 19.1 Å². The maximum atomic E-state index is 11.5. The molecule has 0 aromatic heterocycles. The van der Waals surface area contributed by atoms with Crippen LogP contribution in [0.15, 0.2) is 24.3 Å². The number of rotatable bonds is 8. The Hall–Kier alpha value is -1.55. The Morgan fingerprint density at radius 3 is 2.60 bits per heavy atom. The number of carbonyl (C=O) groups is 1. The predicted molar refractivity (Wildman–Crippen MR) is 81.8 cm³/mol. The number of carbonyl (C=O) groups excluding carboxylic acids is 1. The van der Waals surface area contributed by atoms with Crippen LogP contribution in [0.4, 0.5) is 0 Å². The average Bonchev–Trinajstić information content (AvgIpc) is 2.36. The quantitative estimate of drug-likeness (QED) is 0.768. The molecule has 0 saturated heterocycles. The number of ether oxygens (including phenoxy) is 1. The Morgan fingerprint density at radius 2 is 1.95 bits per heavy atom. The summed E-state index contributed by atoms with van der Waals surface area (Å²) in [6, 6.07) is 8.59. The first-order chi connectivity index (χ1) is 9.47. The molecule has 0 unspecified atom stereocenters. The molecule has 4 nitrogen and oxygen atoms in total. The van der Waals surface area contributed by atoms with Gasteiger partial charge in [-0.1, -0.05) is 26.0 Å². The molecule has 0 fully saturated rings. The SMILES string of the molecule is CC(C)NCc1cccc(OCCC(=O)NC(C)C)c1. The van der Waals surface area contributed by atoms with Crippen LogP contribution < -0.4 is 15.4 Å². The van der Waals surface area contributed by atoms with E-state index < -0.39 is 0 Å². The summed E-state index contributed by atoms with van der Waals surface area (Å²) in [5.74, 6) is 0.836. The average molecular weight is 278 g/mol. The van der Waals surface area contributed by atoms with Gasteiger partial charge in [-0.25, -0.2) is 0 Å². The lowest BCUT2D eigenvalue weighted by molar-refractivity contribution is -0.122. The van der Waals surface area contributed by atoms with Crippen molar-refractivity contribution in [1.82, 2.24) is 10.6 Å². The molecule has 0 aliphatic rings. The summed E-state index contributed by atoms with van der Waals surface area (Å²) in [5, 5.41) is 6.21. The summed E-state index contributed by atoms with van der Waals surface area (Å²) in [6.45, 7) is 9.36. The second-order valence-corrected chi connectivity index (χ2v) is 5.50. The lowest BCUT2D eigenvalue weighted by Gasteiger charge is -2.11. The van der Waals surface area contributed by atoms with Crippen LogP contribution in [0.5, 0.6) is 5.75 Å². The molecule has 0 heterocycles. The summed E-state index contributed by atoms with van der Waals surface area (Å²) < 4.78 is 5.62. The first-order valence-electron chi connectivity index (χ1n) is 7.22. The van der Waals surface area contributed by atoms with Gasteiger partial charge in [-0.3, -0.25) is 4.79 Å². The minimum atomic E-state index is 0.0256. The van der Waals surface area contributed by atoms with Crippen molar-refractivity contribution in [3.05, 3.63) is 29.8 Å². The fourth-order valence-corrected chi connectivity index (χ4v) is 1.72. The molecule has 0 bridgehead atoms. The van der Waals surface area contributed by atoms with Crippen LogP contribution >= 0.6 is 0 Å².